The van der Waals surface area contributed by atoms with Gasteiger partial charge in [-0.3, -0.25) is 4.98 Å². The van der Waals surface area contributed by atoms with E-state index in [0.29, 0.717) is 0 Å². The highest BCUT2D eigenvalue weighted by Crippen LogP contribution is 2.62. The normalized spacial score (nSPS) is 13.9. The van der Waals surface area contributed by atoms with Crippen LogP contribution in [0.25, 0.3) is 44.2 Å². The molecular weight excluding hydrogens is 488 g/mol. The summed E-state index contributed by atoms with van der Waals surface area (Å²) >= 11 is 0. The quantitative estimate of drug-likeness (QED) is 0.207. The van der Waals surface area contributed by atoms with Crippen LogP contribution in [0.2, 0.25) is 0 Å². The van der Waals surface area contributed by atoms with Crippen molar-refractivity contribution in [3.63, 3.8) is 0 Å². The molecule has 1 spiro atoms. The van der Waals surface area contributed by atoms with E-state index < -0.39 is 5.41 Å². The average Bonchev–Trinajstić information content (AvgIpc) is 3.32. The third-order valence-electron chi connectivity index (χ3n) is 8.58. The summed E-state index contributed by atoms with van der Waals surface area (Å²) in [4.78, 5) is 9.87. The first-order chi connectivity index (χ1) is 19.8. The van der Waals surface area contributed by atoms with Gasteiger partial charge in [0.15, 0.2) is 0 Å². The van der Waals surface area contributed by atoms with Gasteiger partial charge < -0.3 is 4.74 Å². The molecule has 3 heterocycles. The second-order valence-corrected chi connectivity index (χ2v) is 10.5. The lowest BCUT2D eigenvalue weighted by molar-refractivity contribution is 0.438. The van der Waals surface area contributed by atoms with Crippen LogP contribution in [-0.2, 0) is 5.41 Å². The lowest BCUT2D eigenvalue weighted by Crippen LogP contribution is -2.32. The first-order valence-corrected chi connectivity index (χ1v) is 13.6. The van der Waals surface area contributed by atoms with E-state index in [1.807, 2.05) is 12.3 Å². The molecule has 0 saturated heterocycles. The van der Waals surface area contributed by atoms with E-state index in [4.69, 9.17) is 9.72 Å². The van der Waals surface area contributed by atoms with E-state index in [-0.39, 0.29) is 0 Å². The van der Waals surface area contributed by atoms with Gasteiger partial charge in [0.1, 0.15) is 11.5 Å². The number of para-hydroxylation sites is 2. The minimum absolute atomic E-state index is 0.488. The zero-order valence-corrected chi connectivity index (χ0v) is 21.5. The summed E-state index contributed by atoms with van der Waals surface area (Å²) in [6.07, 6.45) is 1.83. The van der Waals surface area contributed by atoms with Gasteiger partial charge in [0.2, 0.25) is 0 Å². The van der Waals surface area contributed by atoms with Gasteiger partial charge in [-0.1, -0.05) is 103 Å². The molecule has 0 bridgehead atoms. The molecule has 1 aliphatic heterocycles. The van der Waals surface area contributed by atoms with Crippen LogP contribution in [0.3, 0.4) is 0 Å². The summed E-state index contributed by atoms with van der Waals surface area (Å²) in [5.74, 6) is 1.73. The van der Waals surface area contributed by atoms with Gasteiger partial charge in [-0.15, -0.1) is 0 Å². The molecule has 0 N–H and O–H groups in total. The third-order valence-corrected chi connectivity index (χ3v) is 8.58. The van der Waals surface area contributed by atoms with Crippen molar-refractivity contribution in [2.45, 2.75) is 5.41 Å². The standard InChI is InChI=1S/C37H22N2O/c1-3-13-28-25(10-1)26-11-2-4-14-29(26)37(28)30-15-5-6-17-33(30)40-36-27(12-7-16-31(36)37)32-21-20-24-19-18-23-9-8-22-38-34(23)35(24)39-32/h1-22H. The Kier molecular flexibility index (Phi) is 4.26. The zero-order valence-electron chi connectivity index (χ0n) is 21.5. The summed E-state index contributed by atoms with van der Waals surface area (Å²) in [7, 11) is 0. The second kappa shape index (κ2) is 7.87. The molecule has 0 saturated carbocycles. The number of hydrogen-bond acceptors (Lipinski definition) is 3. The molecule has 7 aromatic rings. The summed E-state index contributed by atoms with van der Waals surface area (Å²) in [5, 5.41) is 2.15. The molecule has 186 valence electrons. The fraction of sp³-hybridized carbons (Fsp3) is 0.0270. The lowest BCUT2D eigenvalue weighted by atomic mass is 9.65. The molecule has 2 aromatic heterocycles. The van der Waals surface area contributed by atoms with Crippen molar-refractivity contribution in [3.8, 4) is 33.9 Å². The van der Waals surface area contributed by atoms with E-state index in [1.54, 1.807) is 0 Å². The van der Waals surface area contributed by atoms with Gasteiger partial charge in [0.25, 0.3) is 0 Å². The number of fused-ring (bicyclic) bond motifs is 12. The fourth-order valence-corrected chi connectivity index (χ4v) is 6.95. The van der Waals surface area contributed by atoms with Gasteiger partial charge in [0, 0.05) is 33.7 Å². The molecule has 0 amide bonds. The van der Waals surface area contributed by atoms with Crippen molar-refractivity contribution in [2.24, 2.45) is 0 Å². The lowest BCUT2D eigenvalue weighted by Gasteiger charge is -2.40. The number of aromatic nitrogens is 2. The van der Waals surface area contributed by atoms with E-state index in [2.05, 4.69) is 126 Å². The molecule has 3 nitrogen and oxygen atoms in total. The molecule has 2 aliphatic rings. The van der Waals surface area contributed by atoms with Crippen molar-refractivity contribution in [1.82, 2.24) is 9.97 Å². The SMILES string of the molecule is c1ccc2c(c1)Oc1c(-c3ccc4ccc5cccnc5c4n3)cccc1C21c2ccccc2-c2ccccc21. The van der Waals surface area contributed by atoms with Crippen LogP contribution in [0.15, 0.2) is 134 Å². The second-order valence-electron chi connectivity index (χ2n) is 10.5. The minimum atomic E-state index is -0.488. The number of hydrogen-bond donors (Lipinski definition) is 0. The Morgan fingerprint density at radius 2 is 1.10 bits per heavy atom. The maximum atomic E-state index is 6.82. The Bertz CT molecular complexity index is 2120. The highest BCUT2D eigenvalue weighted by molar-refractivity contribution is 6.03. The molecule has 3 heteroatoms. The first kappa shape index (κ1) is 21.6. The maximum Gasteiger partial charge on any atom is 0.141 e. The Balaban J connectivity index is 1.38. The van der Waals surface area contributed by atoms with Crippen molar-refractivity contribution in [3.05, 3.63) is 156 Å². The predicted molar refractivity (Wildman–Crippen MR) is 160 cm³/mol. The first-order valence-electron chi connectivity index (χ1n) is 13.6. The molecule has 0 atom stereocenters. The number of nitrogens with zero attached hydrogens (tertiary/aromatic N) is 2. The van der Waals surface area contributed by atoms with Crippen LogP contribution in [0, 0.1) is 0 Å². The predicted octanol–water partition coefficient (Wildman–Crippen LogP) is 8.92. The molecule has 0 fully saturated rings. The summed E-state index contributed by atoms with van der Waals surface area (Å²) in [6.45, 7) is 0. The van der Waals surface area contributed by atoms with Crippen LogP contribution in [0.5, 0.6) is 11.5 Å². The Morgan fingerprint density at radius 1 is 0.475 bits per heavy atom. The monoisotopic (exact) mass is 510 g/mol. The highest BCUT2D eigenvalue weighted by Gasteiger charge is 2.51. The minimum Gasteiger partial charge on any atom is -0.456 e. The van der Waals surface area contributed by atoms with Gasteiger partial charge in [-0.2, -0.15) is 0 Å². The van der Waals surface area contributed by atoms with Crippen molar-refractivity contribution in [1.29, 1.82) is 0 Å². The van der Waals surface area contributed by atoms with E-state index in [0.717, 1.165) is 50.1 Å². The highest BCUT2D eigenvalue weighted by atomic mass is 16.5. The Morgan fingerprint density at radius 3 is 1.90 bits per heavy atom. The molecular formula is C37H22N2O. The number of rotatable bonds is 1. The number of ether oxygens (including phenoxy) is 1. The van der Waals surface area contributed by atoms with Gasteiger partial charge in [-0.25, -0.2) is 4.98 Å². The van der Waals surface area contributed by atoms with Crippen molar-refractivity contribution < 1.29 is 4.74 Å². The fourth-order valence-electron chi connectivity index (χ4n) is 6.95. The van der Waals surface area contributed by atoms with Gasteiger partial charge in [0.05, 0.1) is 22.1 Å². The number of pyridine rings is 2. The van der Waals surface area contributed by atoms with E-state index >= 15 is 0 Å². The summed E-state index contributed by atoms with van der Waals surface area (Å²) in [6, 6.07) is 45.1. The van der Waals surface area contributed by atoms with Crippen molar-refractivity contribution in [2.75, 3.05) is 0 Å². The maximum absolute atomic E-state index is 6.82. The largest absolute Gasteiger partial charge is 0.456 e. The zero-order chi connectivity index (χ0) is 26.3. The van der Waals surface area contributed by atoms with Crippen LogP contribution in [0.1, 0.15) is 22.3 Å². The average molecular weight is 511 g/mol. The number of benzene rings is 5. The van der Waals surface area contributed by atoms with Crippen LogP contribution in [0.4, 0.5) is 0 Å². The molecule has 1 aliphatic carbocycles. The molecule has 9 rings (SSSR count). The third kappa shape index (κ3) is 2.69. The molecule has 0 radical (unpaired) electrons. The summed E-state index contributed by atoms with van der Waals surface area (Å²) < 4.78 is 6.82. The molecule has 5 aromatic carbocycles. The van der Waals surface area contributed by atoms with Gasteiger partial charge in [-0.05, 0) is 46.5 Å². The van der Waals surface area contributed by atoms with Gasteiger partial charge >= 0.3 is 0 Å². The van der Waals surface area contributed by atoms with E-state index in [9.17, 15) is 0 Å². The van der Waals surface area contributed by atoms with E-state index in [1.165, 1.54) is 27.8 Å². The molecule has 0 unspecified atom stereocenters. The Hall–Kier alpha value is -5.28. The van der Waals surface area contributed by atoms with Crippen LogP contribution < -0.4 is 4.74 Å². The molecule has 40 heavy (non-hydrogen) atoms. The smallest absolute Gasteiger partial charge is 0.141 e. The Labute approximate surface area is 231 Å². The van der Waals surface area contributed by atoms with Crippen LogP contribution in [-0.4, -0.2) is 9.97 Å². The topological polar surface area (TPSA) is 35.0 Å². The van der Waals surface area contributed by atoms with Crippen LogP contribution >= 0.6 is 0 Å². The summed E-state index contributed by atoms with van der Waals surface area (Å²) in [5.41, 5.74) is 10.6. The van der Waals surface area contributed by atoms with Crippen molar-refractivity contribution >= 4 is 21.8 Å².